The summed E-state index contributed by atoms with van der Waals surface area (Å²) in [5, 5.41) is 0. The Bertz CT molecular complexity index is 290. The highest BCUT2D eigenvalue weighted by molar-refractivity contribution is 4.93. The molecule has 0 aliphatic heterocycles. The van der Waals surface area contributed by atoms with E-state index in [9.17, 15) is 0 Å². The molecule has 4 aliphatic rings. The molecule has 0 spiro atoms. The van der Waals surface area contributed by atoms with Crippen LogP contribution in [0.5, 0.6) is 0 Å². The molecule has 0 aromatic rings. The second-order valence-electron chi connectivity index (χ2n) is 9.03. The summed E-state index contributed by atoms with van der Waals surface area (Å²) in [6.07, 6.45) is 21.8. The minimum atomic E-state index is 1.15. The van der Waals surface area contributed by atoms with E-state index in [1.54, 1.807) is 83.5 Å². The Morgan fingerprint density at radius 3 is 1.23 bits per heavy atom. The van der Waals surface area contributed by atoms with Gasteiger partial charge in [0.2, 0.25) is 0 Å². The molecule has 0 amide bonds. The van der Waals surface area contributed by atoms with Gasteiger partial charge in [0.1, 0.15) is 0 Å². The maximum absolute atomic E-state index is 2.12. The quantitative estimate of drug-likeness (QED) is 0.458. The molecule has 4 rings (SSSR count). The molecule has 4 saturated carbocycles. The summed E-state index contributed by atoms with van der Waals surface area (Å²) in [5.74, 6) is 6.93. The third-order valence-corrected chi connectivity index (χ3v) is 7.57. The average Bonchev–Trinajstić information content (AvgIpc) is 3.31. The first-order chi connectivity index (χ1) is 12.8. The third kappa shape index (κ3) is 6.56. The summed E-state index contributed by atoms with van der Waals surface area (Å²) >= 11 is 0. The van der Waals surface area contributed by atoms with Gasteiger partial charge in [-0.15, -0.1) is 0 Å². The zero-order valence-corrected chi connectivity index (χ0v) is 19.4. The Labute approximate surface area is 167 Å². The lowest BCUT2D eigenvalue weighted by Gasteiger charge is -2.34. The van der Waals surface area contributed by atoms with Gasteiger partial charge in [-0.2, -0.15) is 0 Å². The molecule has 26 heavy (non-hydrogen) atoms. The predicted octanol–water partition coefficient (Wildman–Crippen LogP) is 9.28. The highest BCUT2D eigenvalue weighted by Gasteiger charge is 2.42. The van der Waals surface area contributed by atoms with Crippen molar-refractivity contribution in [1.29, 1.82) is 0 Å². The van der Waals surface area contributed by atoms with Gasteiger partial charge in [-0.05, 0) is 80.5 Å². The molecular weight excluding hydrogens is 312 g/mol. The van der Waals surface area contributed by atoms with Crippen molar-refractivity contribution >= 4 is 0 Å². The third-order valence-electron chi connectivity index (χ3n) is 7.57. The fourth-order valence-corrected chi connectivity index (χ4v) is 6.69. The van der Waals surface area contributed by atoms with Crippen LogP contribution in [-0.2, 0) is 0 Å². The van der Waals surface area contributed by atoms with Gasteiger partial charge in [0.05, 0.1) is 0 Å². The second-order valence-corrected chi connectivity index (χ2v) is 9.03. The molecule has 0 heterocycles. The summed E-state index contributed by atoms with van der Waals surface area (Å²) in [4.78, 5) is 0. The lowest BCUT2D eigenvalue weighted by atomic mass is 9.72. The van der Waals surface area contributed by atoms with Crippen LogP contribution in [0.4, 0.5) is 0 Å². The molecule has 156 valence electrons. The fraction of sp³-hybridized carbons (Fsp3) is 1.00. The van der Waals surface area contributed by atoms with Crippen LogP contribution in [0.25, 0.3) is 0 Å². The van der Waals surface area contributed by atoms with E-state index in [0.29, 0.717) is 0 Å². The van der Waals surface area contributed by atoms with Crippen LogP contribution >= 0.6 is 0 Å². The van der Waals surface area contributed by atoms with E-state index in [4.69, 9.17) is 0 Å². The van der Waals surface area contributed by atoms with Crippen molar-refractivity contribution in [2.45, 2.75) is 131 Å². The Morgan fingerprint density at radius 2 is 0.846 bits per heavy atom. The van der Waals surface area contributed by atoms with Crippen LogP contribution in [0.2, 0.25) is 0 Å². The monoisotopic (exact) mass is 364 g/mol. The Morgan fingerprint density at radius 1 is 0.500 bits per heavy atom. The van der Waals surface area contributed by atoms with Crippen LogP contribution in [-0.4, -0.2) is 0 Å². The topological polar surface area (TPSA) is 0 Å². The van der Waals surface area contributed by atoms with E-state index in [0.717, 1.165) is 35.5 Å². The first kappa shape index (κ1) is 24.0. The maximum atomic E-state index is 2.12. The molecule has 0 nitrogen and oxygen atoms in total. The molecular formula is C26H52. The number of hydrogen-bond donors (Lipinski definition) is 0. The number of hydrogen-bond acceptors (Lipinski definition) is 0. The van der Waals surface area contributed by atoms with Gasteiger partial charge in [-0.3, -0.25) is 0 Å². The molecule has 4 aliphatic carbocycles. The summed E-state index contributed by atoms with van der Waals surface area (Å²) in [7, 11) is 0. The molecule has 4 fully saturated rings. The highest BCUT2D eigenvalue weighted by Crippen LogP contribution is 2.53. The van der Waals surface area contributed by atoms with Gasteiger partial charge in [0.15, 0.2) is 0 Å². The van der Waals surface area contributed by atoms with Crippen LogP contribution in [0.15, 0.2) is 0 Å². The van der Waals surface area contributed by atoms with E-state index < -0.39 is 0 Å². The lowest BCUT2D eigenvalue weighted by molar-refractivity contribution is 0.164. The van der Waals surface area contributed by atoms with Crippen molar-refractivity contribution in [2.24, 2.45) is 35.5 Å². The summed E-state index contributed by atoms with van der Waals surface area (Å²) in [6.45, 7) is 12.2. The fourth-order valence-electron chi connectivity index (χ4n) is 6.69. The van der Waals surface area contributed by atoms with Gasteiger partial charge < -0.3 is 0 Å². The van der Waals surface area contributed by atoms with Crippen LogP contribution in [0.3, 0.4) is 0 Å². The van der Waals surface area contributed by atoms with Crippen LogP contribution in [0.1, 0.15) is 131 Å². The zero-order valence-electron chi connectivity index (χ0n) is 19.4. The van der Waals surface area contributed by atoms with Crippen molar-refractivity contribution in [3.8, 4) is 0 Å². The Balaban J connectivity index is 0.000000431. The predicted molar refractivity (Wildman–Crippen MR) is 120 cm³/mol. The molecule has 0 aromatic carbocycles. The van der Waals surface area contributed by atoms with Crippen molar-refractivity contribution in [2.75, 3.05) is 0 Å². The summed E-state index contributed by atoms with van der Waals surface area (Å²) < 4.78 is 0. The molecule has 0 heteroatoms. The largest absolute Gasteiger partial charge is 0.0683 e. The Kier molecular flexibility index (Phi) is 13.0. The van der Waals surface area contributed by atoms with Gasteiger partial charge in [-0.25, -0.2) is 0 Å². The minimum Gasteiger partial charge on any atom is -0.0683 e. The normalized spacial score (nSPS) is 37.6. The minimum absolute atomic E-state index is 1.15. The summed E-state index contributed by atoms with van der Waals surface area (Å²) in [5.41, 5.74) is 0. The molecule has 0 saturated heterocycles. The SMILES string of the molecule is C1CCC2C(C1)CCC2CC1CCC2CCCCC21.CC.CC.CCC. The molecule has 6 atom stereocenters. The number of rotatable bonds is 2. The van der Waals surface area contributed by atoms with E-state index in [1.165, 1.54) is 6.42 Å². The molecule has 6 unspecified atom stereocenters. The highest BCUT2D eigenvalue weighted by atomic mass is 14.5. The average molecular weight is 365 g/mol. The van der Waals surface area contributed by atoms with Gasteiger partial charge in [0, 0.05) is 0 Å². The maximum Gasteiger partial charge on any atom is -0.0357 e. The molecule has 0 aromatic heterocycles. The smallest absolute Gasteiger partial charge is 0.0357 e. The zero-order chi connectivity index (χ0) is 19.4. The van der Waals surface area contributed by atoms with E-state index in [-0.39, 0.29) is 0 Å². The van der Waals surface area contributed by atoms with Crippen molar-refractivity contribution < 1.29 is 0 Å². The van der Waals surface area contributed by atoms with Gasteiger partial charge in [-0.1, -0.05) is 86.5 Å². The van der Waals surface area contributed by atoms with Crippen LogP contribution in [0, 0.1) is 35.5 Å². The number of fused-ring (bicyclic) bond motifs is 2. The Hall–Kier alpha value is 0. The van der Waals surface area contributed by atoms with Crippen molar-refractivity contribution in [3.63, 3.8) is 0 Å². The lowest BCUT2D eigenvalue weighted by Crippen LogP contribution is -2.24. The molecule has 0 bridgehead atoms. The van der Waals surface area contributed by atoms with Crippen molar-refractivity contribution in [1.82, 2.24) is 0 Å². The first-order valence-corrected chi connectivity index (χ1v) is 12.8. The molecule has 0 radical (unpaired) electrons. The summed E-state index contributed by atoms with van der Waals surface area (Å²) in [6, 6.07) is 0. The van der Waals surface area contributed by atoms with Gasteiger partial charge in [0.25, 0.3) is 0 Å². The van der Waals surface area contributed by atoms with Crippen molar-refractivity contribution in [3.05, 3.63) is 0 Å². The van der Waals surface area contributed by atoms with Crippen LogP contribution < -0.4 is 0 Å². The standard InChI is InChI=1S/C19H32.C3H8.2C2H6/c1-3-7-18-14(5-1)9-11-16(18)13-17-12-10-15-6-2-4-8-19(15)17;1-3-2;2*1-2/h14-19H,1-13H2;3H2,1-2H3;2*1-2H3. The van der Waals surface area contributed by atoms with Gasteiger partial charge >= 0.3 is 0 Å². The molecule has 0 N–H and O–H groups in total. The second kappa shape index (κ2) is 14.1. The first-order valence-electron chi connectivity index (χ1n) is 12.8. The van der Waals surface area contributed by atoms with E-state index in [1.807, 2.05) is 27.7 Å². The van der Waals surface area contributed by atoms with E-state index >= 15 is 0 Å². The van der Waals surface area contributed by atoms with E-state index in [2.05, 4.69) is 13.8 Å².